The number of hydrogen-bond donors (Lipinski definition) is 2. The van der Waals surface area contributed by atoms with Crippen LogP contribution in [0, 0.1) is 5.92 Å². The van der Waals surface area contributed by atoms with E-state index in [4.69, 9.17) is 5.11 Å². The lowest BCUT2D eigenvalue weighted by molar-refractivity contribution is -0.139. The van der Waals surface area contributed by atoms with Crippen molar-refractivity contribution in [1.29, 1.82) is 0 Å². The molecule has 6 heteroatoms. The Kier molecular flexibility index (Phi) is 5.27. The lowest BCUT2D eigenvalue weighted by Gasteiger charge is -2.15. The largest absolute Gasteiger partial charge is 0.480 e. The minimum Gasteiger partial charge on any atom is -0.480 e. The summed E-state index contributed by atoms with van der Waals surface area (Å²) in [6, 6.07) is 8.65. The molecule has 1 heterocycles. The zero-order valence-corrected chi connectivity index (χ0v) is 13.3. The Morgan fingerprint density at radius 1 is 1.27 bits per heavy atom. The molecule has 2 N–H and O–H groups in total. The maximum absolute atomic E-state index is 12.2. The molecule has 0 saturated heterocycles. The van der Waals surface area contributed by atoms with Crippen LogP contribution in [0.2, 0.25) is 0 Å². The maximum atomic E-state index is 12.2. The van der Waals surface area contributed by atoms with Crippen molar-refractivity contribution in [3.63, 3.8) is 0 Å². The predicted octanol–water partition coefficient (Wildman–Crippen LogP) is 3.04. The summed E-state index contributed by atoms with van der Waals surface area (Å²) in [5, 5.41) is 14.1. The van der Waals surface area contributed by atoms with Crippen molar-refractivity contribution >= 4 is 23.2 Å². The predicted molar refractivity (Wildman–Crippen MR) is 85.9 cm³/mol. The smallest absolute Gasteiger partial charge is 0.326 e. The lowest BCUT2D eigenvalue weighted by Crippen LogP contribution is -2.41. The number of rotatable bonds is 6. The van der Waals surface area contributed by atoms with Crippen molar-refractivity contribution in [2.24, 2.45) is 5.92 Å². The number of carboxylic acid groups (broad SMARTS) is 1. The molecule has 0 bridgehead atoms. The first-order valence-corrected chi connectivity index (χ1v) is 7.90. The van der Waals surface area contributed by atoms with Gasteiger partial charge < -0.3 is 10.4 Å². The number of hydrogen-bond acceptors (Lipinski definition) is 4. The first-order valence-electron chi connectivity index (χ1n) is 7.02. The van der Waals surface area contributed by atoms with Gasteiger partial charge in [0.15, 0.2) is 0 Å². The topological polar surface area (TPSA) is 79.3 Å². The highest BCUT2D eigenvalue weighted by molar-refractivity contribution is 7.13. The van der Waals surface area contributed by atoms with Crippen LogP contribution in [0.5, 0.6) is 0 Å². The van der Waals surface area contributed by atoms with Crippen LogP contribution in [0.1, 0.15) is 30.8 Å². The van der Waals surface area contributed by atoms with E-state index in [1.54, 1.807) is 5.38 Å². The average molecular weight is 318 g/mol. The Morgan fingerprint density at radius 2 is 1.95 bits per heavy atom. The van der Waals surface area contributed by atoms with Gasteiger partial charge in [-0.25, -0.2) is 9.78 Å². The Hall–Kier alpha value is -2.21. The van der Waals surface area contributed by atoms with Crippen molar-refractivity contribution in [1.82, 2.24) is 10.3 Å². The number of aromatic nitrogens is 1. The van der Waals surface area contributed by atoms with Crippen LogP contribution in [0.4, 0.5) is 0 Å². The first-order chi connectivity index (χ1) is 10.5. The second-order valence-corrected chi connectivity index (χ2v) is 6.26. The second-order valence-electron chi connectivity index (χ2n) is 5.40. The van der Waals surface area contributed by atoms with E-state index in [1.807, 2.05) is 44.2 Å². The van der Waals surface area contributed by atoms with Gasteiger partial charge in [0.1, 0.15) is 16.7 Å². The Bertz CT molecular complexity index is 652. The molecule has 0 spiro atoms. The molecule has 5 nitrogen and oxygen atoms in total. The van der Waals surface area contributed by atoms with E-state index < -0.39 is 17.9 Å². The SMILES string of the molecule is CC(C)CC(NC(=O)c1csc(-c2ccccc2)n1)C(=O)O. The van der Waals surface area contributed by atoms with Crippen LogP contribution in [0.3, 0.4) is 0 Å². The van der Waals surface area contributed by atoms with E-state index in [-0.39, 0.29) is 11.6 Å². The third-order valence-corrected chi connectivity index (χ3v) is 3.96. The number of nitrogens with zero attached hydrogens (tertiary/aromatic N) is 1. The molecule has 0 saturated carbocycles. The fourth-order valence-electron chi connectivity index (χ4n) is 2.02. The minimum atomic E-state index is -1.03. The lowest BCUT2D eigenvalue weighted by atomic mass is 10.0. The highest BCUT2D eigenvalue weighted by atomic mass is 32.1. The van der Waals surface area contributed by atoms with Crippen molar-refractivity contribution < 1.29 is 14.7 Å². The van der Waals surface area contributed by atoms with Crippen LogP contribution in [0.25, 0.3) is 10.6 Å². The fraction of sp³-hybridized carbons (Fsp3) is 0.312. The first kappa shape index (κ1) is 16.2. The second kappa shape index (κ2) is 7.17. The van der Waals surface area contributed by atoms with Gasteiger partial charge in [0.2, 0.25) is 0 Å². The molecule has 22 heavy (non-hydrogen) atoms. The number of nitrogens with one attached hydrogen (secondary N) is 1. The number of benzene rings is 1. The van der Waals surface area contributed by atoms with Crippen molar-refractivity contribution in [2.45, 2.75) is 26.3 Å². The summed E-state index contributed by atoms with van der Waals surface area (Å²) in [4.78, 5) is 27.6. The van der Waals surface area contributed by atoms with E-state index in [2.05, 4.69) is 10.3 Å². The van der Waals surface area contributed by atoms with Gasteiger partial charge in [-0.15, -0.1) is 11.3 Å². The number of thiazole rings is 1. The van der Waals surface area contributed by atoms with Crippen LogP contribution >= 0.6 is 11.3 Å². The molecule has 1 amide bonds. The highest BCUT2D eigenvalue weighted by Gasteiger charge is 2.23. The summed E-state index contributed by atoms with van der Waals surface area (Å²) in [7, 11) is 0. The van der Waals surface area contributed by atoms with Gasteiger partial charge in [0, 0.05) is 10.9 Å². The summed E-state index contributed by atoms with van der Waals surface area (Å²) in [5.41, 5.74) is 1.18. The van der Waals surface area contributed by atoms with Crippen molar-refractivity contribution in [3.05, 3.63) is 41.4 Å². The molecule has 0 aliphatic rings. The van der Waals surface area contributed by atoms with Gasteiger partial charge in [-0.05, 0) is 12.3 Å². The monoisotopic (exact) mass is 318 g/mol. The molecular formula is C16H18N2O3S. The molecule has 1 aromatic carbocycles. The van der Waals surface area contributed by atoms with Crippen LogP contribution < -0.4 is 5.32 Å². The van der Waals surface area contributed by atoms with E-state index in [9.17, 15) is 9.59 Å². The van der Waals surface area contributed by atoms with E-state index in [0.717, 1.165) is 10.6 Å². The van der Waals surface area contributed by atoms with Gasteiger partial charge >= 0.3 is 5.97 Å². The Balaban J connectivity index is 2.10. The molecular weight excluding hydrogens is 300 g/mol. The molecule has 0 fully saturated rings. The van der Waals surface area contributed by atoms with Crippen molar-refractivity contribution in [3.8, 4) is 10.6 Å². The third-order valence-electron chi connectivity index (χ3n) is 3.07. The van der Waals surface area contributed by atoms with Crippen LogP contribution in [-0.4, -0.2) is 28.0 Å². The van der Waals surface area contributed by atoms with Gasteiger partial charge in [-0.2, -0.15) is 0 Å². The number of carbonyl (C=O) groups is 2. The van der Waals surface area contributed by atoms with Gasteiger partial charge in [0.05, 0.1) is 0 Å². The average Bonchev–Trinajstić information content (AvgIpc) is 2.96. The number of carboxylic acids is 1. The molecule has 0 radical (unpaired) electrons. The van der Waals surface area contributed by atoms with E-state index in [0.29, 0.717) is 6.42 Å². The van der Waals surface area contributed by atoms with E-state index >= 15 is 0 Å². The number of carbonyl (C=O) groups excluding carboxylic acids is 1. The minimum absolute atomic E-state index is 0.178. The van der Waals surface area contributed by atoms with Crippen LogP contribution in [0.15, 0.2) is 35.7 Å². The fourth-order valence-corrected chi connectivity index (χ4v) is 2.82. The molecule has 1 aromatic heterocycles. The highest BCUT2D eigenvalue weighted by Crippen LogP contribution is 2.23. The summed E-state index contributed by atoms with van der Waals surface area (Å²) in [6.45, 7) is 3.83. The summed E-state index contributed by atoms with van der Waals surface area (Å²) >= 11 is 1.36. The quantitative estimate of drug-likeness (QED) is 0.858. The normalized spacial score (nSPS) is 12.1. The molecule has 0 aliphatic heterocycles. The zero-order chi connectivity index (χ0) is 16.1. The molecule has 116 valence electrons. The Morgan fingerprint density at radius 3 is 2.55 bits per heavy atom. The van der Waals surface area contributed by atoms with Crippen molar-refractivity contribution in [2.75, 3.05) is 0 Å². The zero-order valence-electron chi connectivity index (χ0n) is 12.4. The van der Waals surface area contributed by atoms with Crippen LogP contribution in [-0.2, 0) is 4.79 Å². The molecule has 1 unspecified atom stereocenters. The van der Waals surface area contributed by atoms with Gasteiger partial charge in [-0.1, -0.05) is 44.2 Å². The summed E-state index contributed by atoms with van der Waals surface area (Å²) in [5.74, 6) is -1.30. The molecule has 0 aliphatic carbocycles. The maximum Gasteiger partial charge on any atom is 0.326 e. The molecule has 2 aromatic rings. The van der Waals surface area contributed by atoms with Gasteiger partial charge in [-0.3, -0.25) is 4.79 Å². The third kappa shape index (κ3) is 4.14. The Labute approximate surface area is 133 Å². The standard InChI is InChI=1S/C16H18N2O3S/c1-10(2)8-12(16(20)21)17-14(19)13-9-22-15(18-13)11-6-4-3-5-7-11/h3-7,9-10,12H,8H2,1-2H3,(H,17,19)(H,20,21). The summed E-state index contributed by atoms with van der Waals surface area (Å²) < 4.78 is 0. The molecule has 2 rings (SSSR count). The number of amides is 1. The summed E-state index contributed by atoms with van der Waals surface area (Å²) in [6.07, 6.45) is 0.386. The molecule has 1 atom stereocenters. The van der Waals surface area contributed by atoms with E-state index in [1.165, 1.54) is 11.3 Å². The number of aliphatic carboxylic acids is 1. The van der Waals surface area contributed by atoms with Gasteiger partial charge in [0.25, 0.3) is 5.91 Å².